The van der Waals surface area contributed by atoms with Gasteiger partial charge in [0.2, 0.25) is 0 Å². The van der Waals surface area contributed by atoms with E-state index in [2.05, 4.69) is 22.9 Å². The van der Waals surface area contributed by atoms with Crippen molar-refractivity contribution in [3.63, 3.8) is 0 Å². The standard InChI is InChI=1S/C14H23N3O/c1-2-17(10-13-6-3-4-8-16-13)14(11-15)7-5-9-18-12-14/h3-4,6,8H,2,5,7,9-12,15H2,1H3. The first kappa shape index (κ1) is 13.5. The number of hydrogen-bond donors (Lipinski definition) is 1. The molecule has 2 N–H and O–H groups in total. The van der Waals surface area contributed by atoms with Gasteiger partial charge in [-0.15, -0.1) is 0 Å². The van der Waals surface area contributed by atoms with Crippen LogP contribution in [0.4, 0.5) is 0 Å². The molecule has 0 amide bonds. The summed E-state index contributed by atoms with van der Waals surface area (Å²) in [5.74, 6) is 0. The van der Waals surface area contributed by atoms with Crippen molar-refractivity contribution < 1.29 is 4.74 Å². The number of pyridine rings is 1. The fraction of sp³-hybridized carbons (Fsp3) is 0.643. The second-order valence-corrected chi connectivity index (χ2v) is 4.92. The Kier molecular flexibility index (Phi) is 4.69. The van der Waals surface area contributed by atoms with Crippen molar-refractivity contribution in [3.8, 4) is 0 Å². The molecule has 4 heteroatoms. The van der Waals surface area contributed by atoms with Crippen LogP contribution < -0.4 is 5.73 Å². The van der Waals surface area contributed by atoms with Crippen LogP contribution in [0, 0.1) is 0 Å². The number of aromatic nitrogens is 1. The minimum Gasteiger partial charge on any atom is -0.379 e. The molecule has 1 aromatic heterocycles. The molecule has 0 saturated carbocycles. The molecule has 4 nitrogen and oxygen atoms in total. The van der Waals surface area contributed by atoms with E-state index in [1.54, 1.807) is 0 Å². The fourth-order valence-electron chi connectivity index (χ4n) is 2.68. The first-order valence-electron chi connectivity index (χ1n) is 6.73. The fourth-order valence-corrected chi connectivity index (χ4v) is 2.68. The maximum Gasteiger partial charge on any atom is 0.0662 e. The molecule has 1 atom stereocenters. The lowest BCUT2D eigenvalue weighted by Gasteiger charge is -2.45. The van der Waals surface area contributed by atoms with Gasteiger partial charge in [0.15, 0.2) is 0 Å². The molecule has 2 rings (SSSR count). The molecule has 1 aliphatic rings. The van der Waals surface area contributed by atoms with Crippen molar-refractivity contribution in [2.45, 2.75) is 31.8 Å². The normalized spacial score (nSPS) is 24.4. The summed E-state index contributed by atoms with van der Waals surface area (Å²) in [6, 6.07) is 6.04. The van der Waals surface area contributed by atoms with Crippen molar-refractivity contribution in [2.24, 2.45) is 5.73 Å². The highest BCUT2D eigenvalue weighted by molar-refractivity contribution is 5.05. The molecule has 18 heavy (non-hydrogen) atoms. The van der Waals surface area contributed by atoms with Gasteiger partial charge in [0.05, 0.1) is 17.8 Å². The molecule has 0 bridgehead atoms. The average Bonchev–Trinajstić information content (AvgIpc) is 2.46. The van der Waals surface area contributed by atoms with E-state index in [0.717, 1.165) is 44.8 Å². The van der Waals surface area contributed by atoms with Crippen LogP contribution in [0.5, 0.6) is 0 Å². The van der Waals surface area contributed by atoms with Crippen LogP contribution in [0.25, 0.3) is 0 Å². The summed E-state index contributed by atoms with van der Waals surface area (Å²) >= 11 is 0. The number of ether oxygens (including phenoxy) is 1. The number of likely N-dealkylation sites (N-methyl/N-ethyl adjacent to an activating group) is 1. The van der Waals surface area contributed by atoms with Gasteiger partial charge in [-0.3, -0.25) is 9.88 Å². The maximum atomic E-state index is 6.03. The van der Waals surface area contributed by atoms with Gasteiger partial charge >= 0.3 is 0 Å². The largest absolute Gasteiger partial charge is 0.379 e. The Labute approximate surface area is 109 Å². The lowest BCUT2D eigenvalue weighted by molar-refractivity contribution is -0.0472. The minimum absolute atomic E-state index is 0.00940. The van der Waals surface area contributed by atoms with E-state index in [-0.39, 0.29) is 5.54 Å². The summed E-state index contributed by atoms with van der Waals surface area (Å²) < 4.78 is 5.65. The van der Waals surface area contributed by atoms with Crippen molar-refractivity contribution in [3.05, 3.63) is 30.1 Å². The highest BCUT2D eigenvalue weighted by Crippen LogP contribution is 2.26. The van der Waals surface area contributed by atoms with Gasteiger partial charge < -0.3 is 10.5 Å². The summed E-state index contributed by atoms with van der Waals surface area (Å²) in [5, 5.41) is 0. The predicted octanol–water partition coefficient (Wildman–Crippen LogP) is 1.41. The topological polar surface area (TPSA) is 51.4 Å². The lowest BCUT2D eigenvalue weighted by Crippen LogP contribution is -2.58. The van der Waals surface area contributed by atoms with Gasteiger partial charge in [-0.05, 0) is 31.5 Å². The van der Waals surface area contributed by atoms with Crippen molar-refractivity contribution >= 4 is 0 Å². The highest BCUT2D eigenvalue weighted by atomic mass is 16.5. The summed E-state index contributed by atoms with van der Waals surface area (Å²) in [6.07, 6.45) is 4.05. The summed E-state index contributed by atoms with van der Waals surface area (Å²) in [4.78, 5) is 6.81. The molecule has 1 unspecified atom stereocenters. The number of hydrogen-bond acceptors (Lipinski definition) is 4. The number of nitrogens with zero attached hydrogens (tertiary/aromatic N) is 2. The number of nitrogens with two attached hydrogens (primary N) is 1. The second-order valence-electron chi connectivity index (χ2n) is 4.92. The van der Waals surface area contributed by atoms with E-state index < -0.39 is 0 Å². The zero-order valence-corrected chi connectivity index (χ0v) is 11.1. The number of rotatable bonds is 5. The smallest absolute Gasteiger partial charge is 0.0662 e. The first-order valence-corrected chi connectivity index (χ1v) is 6.73. The van der Waals surface area contributed by atoms with Gasteiger partial charge in [-0.2, -0.15) is 0 Å². The SMILES string of the molecule is CCN(Cc1ccccn1)C1(CN)CCCOC1. The van der Waals surface area contributed by atoms with Gasteiger partial charge in [0, 0.05) is 25.9 Å². The Hall–Kier alpha value is -0.970. The molecular weight excluding hydrogens is 226 g/mol. The van der Waals surface area contributed by atoms with Gasteiger partial charge in [0.1, 0.15) is 0 Å². The van der Waals surface area contributed by atoms with E-state index in [1.807, 2.05) is 18.3 Å². The van der Waals surface area contributed by atoms with Gasteiger partial charge in [-0.25, -0.2) is 0 Å². The Morgan fingerprint density at radius 1 is 1.50 bits per heavy atom. The molecular formula is C14H23N3O. The molecule has 1 fully saturated rings. The molecule has 0 aliphatic carbocycles. The third-order valence-corrected chi connectivity index (χ3v) is 3.81. The van der Waals surface area contributed by atoms with E-state index in [0.29, 0.717) is 6.54 Å². The second kappa shape index (κ2) is 6.27. The van der Waals surface area contributed by atoms with Crippen LogP contribution in [0.2, 0.25) is 0 Å². The molecule has 1 aromatic rings. The van der Waals surface area contributed by atoms with Crippen LogP contribution in [0.3, 0.4) is 0 Å². The molecule has 0 aromatic carbocycles. The summed E-state index contributed by atoms with van der Waals surface area (Å²) in [5.41, 5.74) is 7.11. The third kappa shape index (κ3) is 2.88. The summed E-state index contributed by atoms with van der Waals surface area (Å²) in [7, 11) is 0. The van der Waals surface area contributed by atoms with Crippen LogP contribution in [-0.2, 0) is 11.3 Å². The highest BCUT2D eigenvalue weighted by Gasteiger charge is 2.36. The Bertz CT molecular complexity index is 349. The zero-order valence-electron chi connectivity index (χ0n) is 11.1. The van der Waals surface area contributed by atoms with E-state index in [1.165, 1.54) is 0 Å². The quantitative estimate of drug-likeness (QED) is 0.857. The maximum absolute atomic E-state index is 6.03. The molecule has 100 valence electrons. The monoisotopic (exact) mass is 249 g/mol. The first-order chi connectivity index (χ1) is 8.80. The van der Waals surface area contributed by atoms with E-state index in [4.69, 9.17) is 10.5 Å². The Morgan fingerprint density at radius 2 is 2.39 bits per heavy atom. The molecule has 0 radical (unpaired) electrons. The van der Waals surface area contributed by atoms with E-state index >= 15 is 0 Å². The van der Waals surface area contributed by atoms with Crippen molar-refractivity contribution in [2.75, 3.05) is 26.3 Å². The average molecular weight is 249 g/mol. The molecule has 1 aliphatic heterocycles. The van der Waals surface area contributed by atoms with Crippen LogP contribution in [0.1, 0.15) is 25.5 Å². The predicted molar refractivity (Wildman–Crippen MR) is 72.2 cm³/mol. The minimum atomic E-state index is -0.00940. The summed E-state index contributed by atoms with van der Waals surface area (Å²) in [6.45, 7) is 6.24. The lowest BCUT2D eigenvalue weighted by atomic mass is 9.90. The van der Waals surface area contributed by atoms with Crippen LogP contribution >= 0.6 is 0 Å². The van der Waals surface area contributed by atoms with E-state index in [9.17, 15) is 0 Å². The van der Waals surface area contributed by atoms with Crippen molar-refractivity contribution in [1.82, 2.24) is 9.88 Å². The van der Waals surface area contributed by atoms with Crippen molar-refractivity contribution in [1.29, 1.82) is 0 Å². The molecule has 1 saturated heterocycles. The van der Waals surface area contributed by atoms with Gasteiger partial charge in [-0.1, -0.05) is 13.0 Å². The Balaban J connectivity index is 2.11. The zero-order chi connectivity index (χ0) is 12.8. The van der Waals surface area contributed by atoms with Crippen LogP contribution in [0.15, 0.2) is 24.4 Å². The third-order valence-electron chi connectivity index (χ3n) is 3.81. The molecule has 2 heterocycles. The van der Waals surface area contributed by atoms with Gasteiger partial charge in [0.25, 0.3) is 0 Å². The molecule has 0 spiro atoms. The Morgan fingerprint density at radius 3 is 2.94 bits per heavy atom. The van der Waals surface area contributed by atoms with Crippen LogP contribution in [-0.4, -0.2) is 41.7 Å².